The molecule has 0 unspecified atom stereocenters. The molecule has 1 aromatic carbocycles. The van der Waals surface area contributed by atoms with Crippen molar-refractivity contribution < 1.29 is 62.5 Å². The van der Waals surface area contributed by atoms with Crippen LogP contribution in [0, 0.1) is 5.92 Å². The van der Waals surface area contributed by atoms with Gasteiger partial charge in [-0.2, -0.15) is 5.06 Å². The predicted molar refractivity (Wildman–Crippen MR) is 184 cm³/mol. The number of furan rings is 1. The van der Waals surface area contributed by atoms with Gasteiger partial charge in [0.05, 0.1) is 37.2 Å². The van der Waals surface area contributed by atoms with Gasteiger partial charge >= 0.3 is 18.1 Å². The monoisotopic (exact) mass is 732 g/mol. The van der Waals surface area contributed by atoms with Gasteiger partial charge in [0, 0.05) is 5.56 Å². The van der Waals surface area contributed by atoms with Crippen molar-refractivity contribution >= 4 is 42.2 Å². The zero-order valence-corrected chi connectivity index (χ0v) is 30.2. The Bertz CT molecular complexity index is 1570. The lowest BCUT2D eigenvalue weighted by Gasteiger charge is -2.32. The van der Waals surface area contributed by atoms with E-state index >= 15 is 0 Å². The van der Waals surface area contributed by atoms with E-state index in [4.69, 9.17) is 23.8 Å². The summed E-state index contributed by atoms with van der Waals surface area (Å²) >= 11 is 0. The minimum absolute atomic E-state index is 0.0477. The minimum atomic E-state index is -1.67. The third kappa shape index (κ3) is 13.3. The van der Waals surface area contributed by atoms with E-state index in [1.54, 1.807) is 34.6 Å². The number of hydroxylamine groups is 2. The SMILES string of the molecule is CCCCC[C@@H](C(=O)NCNC(=O)c1ccc(-c2ccc(C(=O)N[C@@H](CC(=O)O)C(=O)O)c(OCC)c2)o1)[C@@H](CC)N(C=O)OC(=O)OC(C)(C)C. The molecular weight excluding hydrogens is 684 g/mol. The summed E-state index contributed by atoms with van der Waals surface area (Å²) in [5, 5.41) is 26.4. The Hall–Kier alpha value is -5.61. The number of rotatable bonds is 21. The summed E-state index contributed by atoms with van der Waals surface area (Å²) in [4.78, 5) is 91.0. The Morgan fingerprint density at radius 1 is 0.962 bits per heavy atom. The van der Waals surface area contributed by atoms with Crippen LogP contribution in [-0.2, 0) is 28.8 Å². The fourth-order valence-electron chi connectivity index (χ4n) is 5.07. The van der Waals surface area contributed by atoms with Crippen LogP contribution < -0.4 is 20.7 Å². The number of carboxylic acids is 2. The lowest BCUT2D eigenvalue weighted by molar-refractivity contribution is -0.182. The van der Waals surface area contributed by atoms with Crippen LogP contribution in [-0.4, -0.2) is 88.5 Å². The number of hydrogen-bond donors (Lipinski definition) is 5. The molecule has 286 valence electrons. The molecule has 17 heteroatoms. The van der Waals surface area contributed by atoms with Crippen molar-refractivity contribution in [3.63, 3.8) is 0 Å². The topological polar surface area (TPSA) is 240 Å². The number of carbonyl (C=O) groups is 7. The van der Waals surface area contributed by atoms with Crippen LogP contribution in [0.3, 0.4) is 0 Å². The highest BCUT2D eigenvalue weighted by Crippen LogP contribution is 2.29. The Morgan fingerprint density at radius 2 is 1.67 bits per heavy atom. The molecule has 5 N–H and O–H groups in total. The Labute approximate surface area is 301 Å². The number of aliphatic carboxylic acids is 2. The fraction of sp³-hybridized carbons (Fsp3) is 0.514. The molecule has 0 aliphatic heterocycles. The summed E-state index contributed by atoms with van der Waals surface area (Å²) in [6.45, 7) is 10.2. The molecule has 17 nitrogen and oxygen atoms in total. The van der Waals surface area contributed by atoms with Crippen molar-refractivity contribution in [2.75, 3.05) is 13.3 Å². The van der Waals surface area contributed by atoms with Crippen molar-refractivity contribution in [2.24, 2.45) is 5.92 Å². The molecule has 4 amide bonds. The first kappa shape index (κ1) is 42.6. The van der Waals surface area contributed by atoms with E-state index in [-0.39, 0.29) is 42.5 Å². The second-order valence-corrected chi connectivity index (χ2v) is 12.6. The molecule has 0 fully saturated rings. The van der Waals surface area contributed by atoms with E-state index in [0.717, 1.165) is 17.9 Å². The van der Waals surface area contributed by atoms with Crippen LogP contribution in [0.5, 0.6) is 5.75 Å². The smallest absolute Gasteiger partial charge is 0.493 e. The van der Waals surface area contributed by atoms with Crippen molar-refractivity contribution in [1.82, 2.24) is 21.0 Å². The van der Waals surface area contributed by atoms with Gasteiger partial charge in [0.15, 0.2) is 5.76 Å². The number of amides is 4. The third-order valence-corrected chi connectivity index (χ3v) is 7.47. The van der Waals surface area contributed by atoms with Crippen molar-refractivity contribution in [3.05, 3.63) is 41.7 Å². The third-order valence-electron chi connectivity index (χ3n) is 7.47. The molecule has 0 aliphatic carbocycles. The number of carbonyl (C=O) groups excluding carboxylic acids is 5. The molecule has 0 radical (unpaired) electrons. The Kier molecular flexibility index (Phi) is 16.6. The van der Waals surface area contributed by atoms with Gasteiger partial charge in [0.25, 0.3) is 11.8 Å². The highest BCUT2D eigenvalue weighted by molar-refractivity contribution is 6.00. The number of hydrogen-bond acceptors (Lipinski definition) is 11. The van der Waals surface area contributed by atoms with Crippen LogP contribution in [0.15, 0.2) is 34.7 Å². The molecule has 0 bridgehead atoms. The molecule has 1 heterocycles. The summed E-state index contributed by atoms with van der Waals surface area (Å²) < 4.78 is 16.4. The standard InChI is InChI=1S/C35H48N4O13/c1-7-10-11-12-22(25(8-2)39(20-40)52-34(48)51-35(4,5)6)30(43)36-19-37-32(45)27-16-15-26(50-27)21-13-14-23(28(17-21)49-9-3)31(44)38-24(33(46)47)18-29(41)42/h13-17,20,22,24-25H,7-12,18-19H2,1-6H3,(H,36,43)(H,37,45)(H,38,44)(H,41,42)(H,46,47)/t22-,24+,25-/m1/s1. The van der Waals surface area contributed by atoms with E-state index in [9.17, 15) is 38.7 Å². The van der Waals surface area contributed by atoms with Crippen LogP contribution >= 0.6 is 0 Å². The molecule has 2 aromatic rings. The van der Waals surface area contributed by atoms with E-state index < -0.39 is 65.8 Å². The molecule has 1 aromatic heterocycles. The van der Waals surface area contributed by atoms with Gasteiger partial charge in [-0.05, 0) is 64.8 Å². The predicted octanol–water partition coefficient (Wildman–Crippen LogP) is 4.11. The lowest BCUT2D eigenvalue weighted by atomic mass is 9.90. The Balaban J connectivity index is 2.15. The zero-order chi connectivity index (χ0) is 39.0. The first-order valence-corrected chi connectivity index (χ1v) is 16.9. The number of nitrogens with one attached hydrogen (secondary N) is 3. The largest absolute Gasteiger partial charge is 0.534 e. The van der Waals surface area contributed by atoms with Gasteiger partial charge < -0.3 is 44.9 Å². The van der Waals surface area contributed by atoms with Crippen LogP contribution in [0.2, 0.25) is 0 Å². The van der Waals surface area contributed by atoms with Gasteiger partial charge in [-0.3, -0.25) is 24.0 Å². The maximum atomic E-state index is 13.4. The van der Waals surface area contributed by atoms with Crippen molar-refractivity contribution in [3.8, 4) is 17.1 Å². The van der Waals surface area contributed by atoms with E-state index in [1.165, 1.54) is 30.3 Å². The average molecular weight is 733 g/mol. The van der Waals surface area contributed by atoms with Crippen molar-refractivity contribution in [2.45, 2.75) is 97.8 Å². The van der Waals surface area contributed by atoms with Gasteiger partial charge in [0.1, 0.15) is 23.2 Å². The van der Waals surface area contributed by atoms with Crippen LogP contribution in [0.4, 0.5) is 4.79 Å². The second kappa shape index (κ2) is 20.3. The van der Waals surface area contributed by atoms with Crippen LogP contribution in [0.25, 0.3) is 11.3 Å². The van der Waals surface area contributed by atoms with Gasteiger partial charge in [-0.1, -0.05) is 39.2 Å². The summed E-state index contributed by atoms with van der Waals surface area (Å²) in [5.74, 6) is -5.54. The maximum Gasteiger partial charge on any atom is 0.534 e. The number of carboxylic acid groups (broad SMARTS) is 2. The van der Waals surface area contributed by atoms with Gasteiger partial charge in [-0.25, -0.2) is 9.59 Å². The second-order valence-electron chi connectivity index (χ2n) is 12.6. The lowest BCUT2D eigenvalue weighted by Crippen LogP contribution is -2.49. The molecule has 2 rings (SSSR count). The van der Waals surface area contributed by atoms with Crippen molar-refractivity contribution in [1.29, 1.82) is 0 Å². The molecular formula is C35H48N4O13. The van der Waals surface area contributed by atoms with Gasteiger partial charge in [-0.15, -0.1) is 0 Å². The molecule has 52 heavy (non-hydrogen) atoms. The molecule has 0 saturated carbocycles. The number of unbranched alkanes of at least 4 members (excludes halogenated alkanes) is 2. The summed E-state index contributed by atoms with van der Waals surface area (Å²) in [6, 6.07) is 4.69. The molecule has 0 spiro atoms. The maximum absolute atomic E-state index is 13.4. The number of nitrogens with zero attached hydrogens (tertiary/aromatic N) is 1. The fourth-order valence-corrected chi connectivity index (χ4v) is 5.07. The average Bonchev–Trinajstić information content (AvgIpc) is 3.56. The first-order chi connectivity index (χ1) is 24.5. The number of benzene rings is 1. The minimum Gasteiger partial charge on any atom is -0.493 e. The number of ether oxygens (including phenoxy) is 2. The first-order valence-electron chi connectivity index (χ1n) is 16.9. The van der Waals surface area contributed by atoms with Gasteiger partial charge in [0.2, 0.25) is 12.3 Å². The van der Waals surface area contributed by atoms with E-state index in [1.807, 2.05) is 6.92 Å². The van der Waals surface area contributed by atoms with Crippen LogP contribution in [0.1, 0.15) is 101 Å². The molecule has 3 atom stereocenters. The molecule has 0 saturated heterocycles. The molecule has 0 aliphatic rings. The van der Waals surface area contributed by atoms with E-state index in [0.29, 0.717) is 24.8 Å². The Morgan fingerprint density at radius 3 is 2.25 bits per heavy atom. The highest BCUT2D eigenvalue weighted by Gasteiger charge is 2.34. The summed E-state index contributed by atoms with van der Waals surface area (Å²) in [6.07, 6.45) is 1.43. The summed E-state index contributed by atoms with van der Waals surface area (Å²) in [7, 11) is 0. The summed E-state index contributed by atoms with van der Waals surface area (Å²) in [5.41, 5.74) is -0.510. The normalized spacial score (nSPS) is 12.7. The highest BCUT2D eigenvalue weighted by atomic mass is 16.8. The van der Waals surface area contributed by atoms with E-state index in [2.05, 4.69) is 16.0 Å². The quantitative estimate of drug-likeness (QED) is 0.0400. The zero-order valence-electron chi connectivity index (χ0n) is 30.2.